The maximum Gasteiger partial charge on any atom is 0.348 e. The molecule has 0 bridgehead atoms. The number of hydrogen-bond donors (Lipinski definition) is 3. The van der Waals surface area contributed by atoms with Crippen molar-refractivity contribution in [2.45, 2.75) is 0 Å². The molecule has 0 spiro atoms. The second-order valence-corrected chi connectivity index (χ2v) is 3.57. The van der Waals surface area contributed by atoms with E-state index in [1.54, 1.807) is 0 Å². The summed E-state index contributed by atoms with van der Waals surface area (Å²) in [5.41, 5.74) is -1.37. The molecule has 1 heterocycles. The minimum absolute atomic E-state index is 0.0335. The van der Waals surface area contributed by atoms with Crippen molar-refractivity contribution >= 4 is 12.0 Å². The van der Waals surface area contributed by atoms with E-state index >= 15 is 0 Å². The van der Waals surface area contributed by atoms with Gasteiger partial charge >= 0.3 is 17.3 Å². The highest BCUT2D eigenvalue weighted by Gasteiger charge is 2.08. The minimum Gasteiger partial charge on any atom is -0.478 e. The van der Waals surface area contributed by atoms with Gasteiger partial charge in [-0.2, -0.15) is 0 Å². The van der Waals surface area contributed by atoms with Gasteiger partial charge in [-0.05, 0) is 24.3 Å². The SMILES string of the molecule is O=C(O)/C=C/c1ccc(-n2c(=O)[nH][nH]c2=O)cc1F. The third-order valence-electron chi connectivity index (χ3n) is 2.33. The Bertz CT molecular complexity index is 741. The molecule has 0 saturated heterocycles. The van der Waals surface area contributed by atoms with E-state index in [-0.39, 0.29) is 11.3 Å². The number of aliphatic carboxylic acids is 1. The molecule has 7 nitrogen and oxygen atoms in total. The standard InChI is InChI=1S/C11H8FN3O4/c12-8-5-7(15-10(18)13-14-11(15)19)3-1-6(8)2-4-9(16)17/h1-5H,(H,13,18)(H,14,19)(H,16,17)/b4-2+. The third-order valence-corrected chi connectivity index (χ3v) is 2.33. The van der Waals surface area contributed by atoms with Crippen molar-refractivity contribution in [2.75, 3.05) is 0 Å². The molecule has 0 amide bonds. The van der Waals surface area contributed by atoms with Crippen molar-refractivity contribution in [1.29, 1.82) is 0 Å². The van der Waals surface area contributed by atoms with Gasteiger partial charge in [0.25, 0.3) is 0 Å². The molecule has 98 valence electrons. The van der Waals surface area contributed by atoms with Crippen LogP contribution in [0, 0.1) is 5.82 Å². The Kier molecular flexibility index (Phi) is 3.15. The molecule has 0 unspecified atom stereocenters. The molecule has 0 fully saturated rings. The number of hydrogen-bond acceptors (Lipinski definition) is 3. The van der Waals surface area contributed by atoms with Crippen LogP contribution in [0.1, 0.15) is 5.56 Å². The predicted octanol–water partition coefficient (Wildman–Crippen LogP) is 0.0908. The summed E-state index contributed by atoms with van der Waals surface area (Å²) in [5, 5.41) is 12.6. The van der Waals surface area contributed by atoms with Crippen molar-refractivity contribution < 1.29 is 14.3 Å². The molecule has 0 atom stereocenters. The normalized spacial score (nSPS) is 11.0. The molecule has 1 aromatic carbocycles. The minimum atomic E-state index is -1.21. The molecule has 0 aliphatic heterocycles. The maximum absolute atomic E-state index is 13.7. The number of nitrogens with one attached hydrogen (secondary N) is 2. The van der Waals surface area contributed by atoms with Gasteiger partial charge in [0.15, 0.2) is 0 Å². The first kappa shape index (κ1) is 12.6. The first-order valence-corrected chi connectivity index (χ1v) is 5.09. The van der Waals surface area contributed by atoms with Crippen LogP contribution in [0.5, 0.6) is 0 Å². The smallest absolute Gasteiger partial charge is 0.348 e. The van der Waals surface area contributed by atoms with Crippen LogP contribution < -0.4 is 11.4 Å². The van der Waals surface area contributed by atoms with E-state index in [1.807, 2.05) is 0 Å². The first-order chi connectivity index (χ1) is 8.99. The van der Waals surface area contributed by atoms with Crippen LogP contribution in [0.2, 0.25) is 0 Å². The summed E-state index contributed by atoms with van der Waals surface area (Å²) in [6.45, 7) is 0. The molecule has 0 aliphatic carbocycles. The quantitative estimate of drug-likeness (QED) is 0.683. The van der Waals surface area contributed by atoms with E-state index in [4.69, 9.17) is 5.11 Å². The van der Waals surface area contributed by atoms with Crippen LogP contribution in [-0.2, 0) is 4.79 Å². The average Bonchev–Trinajstić information content (AvgIpc) is 2.67. The van der Waals surface area contributed by atoms with Gasteiger partial charge in [0.05, 0.1) is 5.69 Å². The van der Waals surface area contributed by atoms with E-state index in [9.17, 15) is 18.8 Å². The van der Waals surface area contributed by atoms with E-state index in [1.165, 1.54) is 12.1 Å². The summed E-state index contributed by atoms with van der Waals surface area (Å²) in [6.07, 6.45) is 1.86. The zero-order chi connectivity index (χ0) is 14.0. The summed E-state index contributed by atoms with van der Waals surface area (Å²) in [6, 6.07) is 3.56. The maximum atomic E-state index is 13.7. The zero-order valence-electron chi connectivity index (χ0n) is 9.38. The number of aromatic amines is 2. The number of carboxylic acids is 1. The molecule has 0 radical (unpaired) electrons. The Labute approximate surface area is 104 Å². The van der Waals surface area contributed by atoms with Crippen LogP contribution >= 0.6 is 0 Å². The topological polar surface area (TPSA) is 108 Å². The summed E-state index contributed by atoms with van der Waals surface area (Å²) < 4.78 is 14.4. The van der Waals surface area contributed by atoms with Gasteiger partial charge in [-0.15, -0.1) is 0 Å². The van der Waals surface area contributed by atoms with Gasteiger partial charge in [-0.1, -0.05) is 0 Å². The van der Waals surface area contributed by atoms with Crippen molar-refractivity contribution in [3.63, 3.8) is 0 Å². The molecule has 2 rings (SSSR count). The fourth-order valence-corrected chi connectivity index (χ4v) is 1.50. The summed E-state index contributed by atoms with van der Waals surface area (Å²) in [4.78, 5) is 33.0. The lowest BCUT2D eigenvalue weighted by Gasteiger charge is -2.01. The lowest BCUT2D eigenvalue weighted by molar-refractivity contribution is -0.131. The van der Waals surface area contributed by atoms with Crippen molar-refractivity contribution in [1.82, 2.24) is 14.8 Å². The van der Waals surface area contributed by atoms with E-state index in [2.05, 4.69) is 10.2 Å². The molecule has 2 aromatic rings. The highest BCUT2D eigenvalue weighted by molar-refractivity contribution is 5.85. The fraction of sp³-hybridized carbons (Fsp3) is 0. The zero-order valence-corrected chi connectivity index (χ0v) is 9.38. The van der Waals surface area contributed by atoms with Gasteiger partial charge in [0, 0.05) is 11.6 Å². The largest absolute Gasteiger partial charge is 0.478 e. The average molecular weight is 265 g/mol. The number of nitrogens with zero attached hydrogens (tertiary/aromatic N) is 1. The van der Waals surface area contributed by atoms with E-state index < -0.39 is 23.2 Å². The molecule has 3 N–H and O–H groups in total. The molecule has 1 aromatic heterocycles. The van der Waals surface area contributed by atoms with Gasteiger partial charge in [0.1, 0.15) is 5.82 Å². The summed E-state index contributed by atoms with van der Waals surface area (Å²) in [5.74, 6) is -1.95. The Balaban J connectivity index is 2.48. The molecule has 0 saturated carbocycles. The number of halogens is 1. The second-order valence-electron chi connectivity index (χ2n) is 3.57. The van der Waals surface area contributed by atoms with Crippen LogP contribution in [0.25, 0.3) is 11.8 Å². The van der Waals surface area contributed by atoms with E-state index in [0.717, 1.165) is 18.2 Å². The Morgan fingerprint density at radius 3 is 2.42 bits per heavy atom. The molecular formula is C11H8FN3O4. The highest BCUT2D eigenvalue weighted by atomic mass is 19.1. The first-order valence-electron chi connectivity index (χ1n) is 5.09. The number of carboxylic acid groups (broad SMARTS) is 1. The summed E-state index contributed by atoms with van der Waals surface area (Å²) >= 11 is 0. The number of H-pyrrole nitrogens is 2. The monoisotopic (exact) mass is 265 g/mol. The van der Waals surface area contributed by atoms with Crippen LogP contribution in [0.15, 0.2) is 33.9 Å². The number of carbonyl (C=O) groups is 1. The molecule has 8 heteroatoms. The highest BCUT2D eigenvalue weighted by Crippen LogP contribution is 2.13. The fourth-order valence-electron chi connectivity index (χ4n) is 1.50. The van der Waals surface area contributed by atoms with Crippen molar-refractivity contribution in [3.8, 4) is 5.69 Å². The van der Waals surface area contributed by atoms with Gasteiger partial charge < -0.3 is 5.11 Å². The second kappa shape index (κ2) is 4.77. The van der Waals surface area contributed by atoms with Gasteiger partial charge in [-0.25, -0.2) is 33.5 Å². The third kappa shape index (κ3) is 2.51. The molecule has 0 aliphatic rings. The van der Waals surface area contributed by atoms with Crippen LogP contribution in [0.4, 0.5) is 4.39 Å². The number of benzene rings is 1. The lowest BCUT2D eigenvalue weighted by atomic mass is 10.1. The Hall–Kier alpha value is -2.90. The Morgan fingerprint density at radius 2 is 1.89 bits per heavy atom. The van der Waals surface area contributed by atoms with Crippen LogP contribution in [0.3, 0.4) is 0 Å². The van der Waals surface area contributed by atoms with Crippen LogP contribution in [-0.4, -0.2) is 25.8 Å². The van der Waals surface area contributed by atoms with E-state index in [0.29, 0.717) is 4.57 Å². The Morgan fingerprint density at radius 1 is 1.26 bits per heavy atom. The summed E-state index contributed by atoms with van der Waals surface area (Å²) in [7, 11) is 0. The molecule has 19 heavy (non-hydrogen) atoms. The number of aromatic nitrogens is 3. The lowest BCUT2D eigenvalue weighted by Crippen LogP contribution is -2.24. The van der Waals surface area contributed by atoms with Gasteiger partial charge in [0.2, 0.25) is 0 Å². The van der Waals surface area contributed by atoms with Crippen molar-refractivity contribution in [3.05, 3.63) is 56.6 Å². The van der Waals surface area contributed by atoms with Crippen molar-refractivity contribution in [2.24, 2.45) is 0 Å². The number of rotatable bonds is 3. The predicted molar refractivity (Wildman–Crippen MR) is 63.6 cm³/mol. The van der Waals surface area contributed by atoms with Gasteiger partial charge in [-0.3, -0.25) is 0 Å². The molecular weight excluding hydrogens is 257 g/mol.